The molecule has 0 amide bonds. The van der Waals surface area contributed by atoms with Crippen molar-refractivity contribution in [3.8, 4) is 5.75 Å². The monoisotopic (exact) mass is 258 g/mol. The molecule has 2 aromatic rings. The van der Waals surface area contributed by atoms with Crippen LogP contribution in [0.15, 0.2) is 36.5 Å². The number of aromatic nitrogens is 2. The third-order valence-corrected chi connectivity index (χ3v) is 2.57. The van der Waals surface area contributed by atoms with Crippen LogP contribution >= 0.6 is 0 Å². The Labute approximate surface area is 112 Å². The van der Waals surface area contributed by atoms with Crippen LogP contribution in [0, 0.1) is 0 Å². The second kappa shape index (κ2) is 6.70. The maximum absolute atomic E-state index is 5.59. The molecule has 0 atom stereocenters. The molecule has 0 unspecified atom stereocenters. The molecule has 1 aromatic carbocycles. The molecule has 0 aliphatic heterocycles. The van der Waals surface area contributed by atoms with E-state index in [2.05, 4.69) is 15.3 Å². The lowest BCUT2D eigenvalue weighted by Gasteiger charge is -2.06. The summed E-state index contributed by atoms with van der Waals surface area (Å²) in [6, 6.07) is 9.70. The van der Waals surface area contributed by atoms with Gasteiger partial charge in [0.15, 0.2) is 0 Å². The molecule has 19 heavy (non-hydrogen) atoms. The quantitative estimate of drug-likeness (QED) is 0.825. The minimum atomic E-state index is 0.493. The van der Waals surface area contributed by atoms with Crippen LogP contribution in [0.4, 0.5) is 5.82 Å². The molecule has 3 N–H and O–H groups in total. The maximum Gasteiger partial charge on any atom is 0.144 e. The van der Waals surface area contributed by atoms with Crippen molar-refractivity contribution >= 4 is 5.82 Å². The maximum atomic E-state index is 5.59. The van der Waals surface area contributed by atoms with E-state index in [1.807, 2.05) is 31.2 Å². The highest BCUT2D eigenvalue weighted by molar-refractivity contribution is 5.27. The number of ether oxygens (including phenoxy) is 1. The summed E-state index contributed by atoms with van der Waals surface area (Å²) in [4.78, 5) is 8.26. The summed E-state index contributed by atoms with van der Waals surface area (Å²) < 4.78 is 5.39. The molecule has 0 bridgehead atoms. The van der Waals surface area contributed by atoms with E-state index >= 15 is 0 Å². The molecular weight excluding hydrogens is 240 g/mol. The van der Waals surface area contributed by atoms with E-state index in [0.29, 0.717) is 24.8 Å². The summed E-state index contributed by atoms with van der Waals surface area (Å²) in [6.45, 7) is 4.01. The largest absolute Gasteiger partial charge is 0.494 e. The lowest BCUT2D eigenvalue weighted by Crippen LogP contribution is -2.15. The van der Waals surface area contributed by atoms with E-state index < -0.39 is 0 Å². The number of hydrogen-bond donors (Lipinski definition) is 2. The zero-order valence-corrected chi connectivity index (χ0v) is 11.0. The van der Waals surface area contributed by atoms with Crippen LogP contribution in [-0.4, -0.2) is 16.6 Å². The van der Waals surface area contributed by atoms with E-state index in [0.717, 1.165) is 12.3 Å². The molecule has 0 aliphatic carbocycles. The SMILES string of the molecule is CCOc1ccc(CNCc2nccc(N)n2)cc1. The predicted molar refractivity (Wildman–Crippen MR) is 74.6 cm³/mol. The zero-order chi connectivity index (χ0) is 13.5. The molecule has 5 nitrogen and oxygen atoms in total. The Morgan fingerprint density at radius 1 is 1.16 bits per heavy atom. The predicted octanol–water partition coefficient (Wildman–Crippen LogP) is 1.75. The van der Waals surface area contributed by atoms with Gasteiger partial charge in [-0.15, -0.1) is 0 Å². The Morgan fingerprint density at radius 3 is 2.63 bits per heavy atom. The van der Waals surface area contributed by atoms with Gasteiger partial charge in [-0.3, -0.25) is 0 Å². The van der Waals surface area contributed by atoms with Crippen LogP contribution in [0.25, 0.3) is 0 Å². The summed E-state index contributed by atoms with van der Waals surface area (Å²) in [5, 5.41) is 3.28. The number of nitrogens with one attached hydrogen (secondary N) is 1. The van der Waals surface area contributed by atoms with Gasteiger partial charge >= 0.3 is 0 Å². The molecule has 0 aliphatic rings. The van der Waals surface area contributed by atoms with Gasteiger partial charge in [-0.2, -0.15) is 0 Å². The third kappa shape index (κ3) is 4.22. The fraction of sp³-hybridized carbons (Fsp3) is 0.286. The molecule has 0 saturated carbocycles. The number of hydrogen-bond acceptors (Lipinski definition) is 5. The molecule has 100 valence electrons. The first-order valence-electron chi connectivity index (χ1n) is 6.28. The van der Waals surface area contributed by atoms with Crippen LogP contribution in [0.3, 0.4) is 0 Å². The van der Waals surface area contributed by atoms with Gasteiger partial charge in [0.05, 0.1) is 13.2 Å². The van der Waals surface area contributed by atoms with E-state index in [9.17, 15) is 0 Å². The normalized spacial score (nSPS) is 10.4. The standard InChI is InChI=1S/C14H18N4O/c1-2-19-12-5-3-11(4-6-12)9-16-10-14-17-8-7-13(15)18-14/h3-8,16H,2,9-10H2,1H3,(H2,15,17,18). The molecule has 1 aromatic heterocycles. The first-order valence-corrected chi connectivity index (χ1v) is 6.28. The number of anilines is 1. The molecule has 5 heteroatoms. The second-order valence-corrected chi connectivity index (χ2v) is 4.08. The van der Waals surface area contributed by atoms with Crippen molar-refractivity contribution in [2.75, 3.05) is 12.3 Å². The van der Waals surface area contributed by atoms with E-state index in [4.69, 9.17) is 10.5 Å². The van der Waals surface area contributed by atoms with E-state index in [1.165, 1.54) is 5.56 Å². The molecule has 0 spiro atoms. The van der Waals surface area contributed by atoms with Crippen LogP contribution < -0.4 is 15.8 Å². The van der Waals surface area contributed by atoms with E-state index in [-0.39, 0.29) is 0 Å². The molecule has 1 heterocycles. The fourth-order valence-corrected chi connectivity index (χ4v) is 1.69. The highest BCUT2D eigenvalue weighted by atomic mass is 16.5. The molecule has 0 saturated heterocycles. The Morgan fingerprint density at radius 2 is 1.95 bits per heavy atom. The van der Waals surface area contributed by atoms with Crippen molar-refractivity contribution in [3.05, 3.63) is 47.9 Å². The summed E-state index contributed by atoms with van der Waals surface area (Å²) in [7, 11) is 0. The van der Waals surface area contributed by atoms with Crippen LogP contribution in [-0.2, 0) is 13.1 Å². The second-order valence-electron chi connectivity index (χ2n) is 4.08. The first-order chi connectivity index (χ1) is 9.28. The Bertz CT molecular complexity index is 513. The van der Waals surface area contributed by atoms with Gasteiger partial charge in [0.25, 0.3) is 0 Å². The first kappa shape index (κ1) is 13.3. The summed E-state index contributed by atoms with van der Waals surface area (Å²) >= 11 is 0. The Hall–Kier alpha value is -2.14. The zero-order valence-electron chi connectivity index (χ0n) is 11.0. The number of nitrogens with zero attached hydrogens (tertiary/aromatic N) is 2. The van der Waals surface area contributed by atoms with Crippen LogP contribution in [0.2, 0.25) is 0 Å². The van der Waals surface area contributed by atoms with Crippen LogP contribution in [0.5, 0.6) is 5.75 Å². The van der Waals surface area contributed by atoms with Crippen molar-refractivity contribution in [1.29, 1.82) is 0 Å². The number of nitrogens with two attached hydrogens (primary N) is 1. The smallest absolute Gasteiger partial charge is 0.144 e. The average Bonchev–Trinajstić information content (AvgIpc) is 2.41. The van der Waals surface area contributed by atoms with Gasteiger partial charge < -0.3 is 15.8 Å². The van der Waals surface area contributed by atoms with Crippen molar-refractivity contribution < 1.29 is 4.74 Å². The van der Waals surface area contributed by atoms with E-state index in [1.54, 1.807) is 12.3 Å². The van der Waals surface area contributed by atoms with Crippen molar-refractivity contribution in [1.82, 2.24) is 15.3 Å². The third-order valence-electron chi connectivity index (χ3n) is 2.57. The number of rotatable bonds is 6. The summed E-state index contributed by atoms with van der Waals surface area (Å²) in [6.07, 6.45) is 1.66. The van der Waals surface area contributed by atoms with Crippen molar-refractivity contribution in [3.63, 3.8) is 0 Å². The van der Waals surface area contributed by atoms with Gasteiger partial charge in [-0.25, -0.2) is 9.97 Å². The fourth-order valence-electron chi connectivity index (χ4n) is 1.69. The van der Waals surface area contributed by atoms with Gasteiger partial charge in [-0.05, 0) is 30.7 Å². The number of nitrogen functional groups attached to an aromatic ring is 1. The lowest BCUT2D eigenvalue weighted by molar-refractivity contribution is 0.340. The van der Waals surface area contributed by atoms with Gasteiger partial charge in [-0.1, -0.05) is 12.1 Å². The van der Waals surface area contributed by atoms with Gasteiger partial charge in [0, 0.05) is 12.7 Å². The highest BCUT2D eigenvalue weighted by Gasteiger charge is 1.98. The summed E-state index contributed by atoms with van der Waals surface area (Å²) in [5.41, 5.74) is 6.78. The minimum Gasteiger partial charge on any atom is -0.494 e. The Balaban J connectivity index is 1.82. The van der Waals surface area contributed by atoms with Crippen molar-refractivity contribution in [2.45, 2.75) is 20.0 Å². The number of benzene rings is 1. The van der Waals surface area contributed by atoms with Gasteiger partial charge in [0.1, 0.15) is 17.4 Å². The molecule has 0 fully saturated rings. The minimum absolute atomic E-state index is 0.493. The highest BCUT2D eigenvalue weighted by Crippen LogP contribution is 2.11. The lowest BCUT2D eigenvalue weighted by atomic mass is 10.2. The van der Waals surface area contributed by atoms with Crippen LogP contribution in [0.1, 0.15) is 18.3 Å². The Kier molecular flexibility index (Phi) is 4.69. The van der Waals surface area contributed by atoms with Gasteiger partial charge in [0.2, 0.25) is 0 Å². The topological polar surface area (TPSA) is 73.1 Å². The molecular formula is C14H18N4O. The average molecular weight is 258 g/mol. The molecule has 0 radical (unpaired) electrons. The summed E-state index contributed by atoms with van der Waals surface area (Å²) in [5.74, 6) is 2.09. The van der Waals surface area contributed by atoms with Crippen molar-refractivity contribution in [2.24, 2.45) is 0 Å². The molecule has 2 rings (SSSR count).